The molecule has 7 heteroatoms. The second-order valence-electron chi connectivity index (χ2n) is 5.83. The monoisotopic (exact) mass is 347 g/mol. The Hall–Kier alpha value is -3.61. The minimum atomic E-state index is -0.626. The van der Waals surface area contributed by atoms with Crippen molar-refractivity contribution in [3.05, 3.63) is 72.1 Å². The van der Waals surface area contributed by atoms with E-state index in [9.17, 15) is 9.18 Å². The van der Waals surface area contributed by atoms with Crippen molar-refractivity contribution in [2.45, 2.75) is 6.92 Å². The number of nitrogens with zero attached hydrogens (tertiary/aromatic N) is 4. The fraction of sp³-hybridized carbons (Fsp3) is 0.0526. The van der Waals surface area contributed by atoms with Gasteiger partial charge in [-0.05, 0) is 43.3 Å². The zero-order valence-electron chi connectivity index (χ0n) is 13.8. The van der Waals surface area contributed by atoms with Gasteiger partial charge in [-0.3, -0.25) is 9.78 Å². The second-order valence-corrected chi connectivity index (χ2v) is 5.83. The molecular weight excluding hydrogens is 333 g/mol. The van der Waals surface area contributed by atoms with Gasteiger partial charge in [0, 0.05) is 29.5 Å². The van der Waals surface area contributed by atoms with Crippen LogP contribution >= 0.6 is 0 Å². The summed E-state index contributed by atoms with van der Waals surface area (Å²) in [5.74, 6) is -0.176. The van der Waals surface area contributed by atoms with E-state index >= 15 is 0 Å². The number of carbonyl (C=O) groups excluding carboxylic acids is 1. The SMILES string of the molecule is Cc1nc(-c2cccnc2)nc(-n2ccc3cc(F)ccc32)c1C(N)=O. The van der Waals surface area contributed by atoms with Gasteiger partial charge in [0.2, 0.25) is 0 Å². The van der Waals surface area contributed by atoms with Gasteiger partial charge >= 0.3 is 0 Å². The zero-order chi connectivity index (χ0) is 18.3. The van der Waals surface area contributed by atoms with Crippen molar-refractivity contribution in [1.29, 1.82) is 0 Å². The van der Waals surface area contributed by atoms with E-state index in [1.165, 1.54) is 12.1 Å². The summed E-state index contributed by atoms with van der Waals surface area (Å²) in [6.45, 7) is 1.70. The molecule has 4 aromatic rings. The standard InChI is InChI=1S/C19H14FN5O/c1-11-16(17(21)26)19(24-18(23-11)13-3-2-7-22-10-13)25-8-6-12-9-14(20)4-5-15(12)25/h2-10H,1H3,(H2,21,26). The van der Waals surface area contributed by atoms with Gasteiger partial charge in [0.15, 0.2) is 11.6 Å². The third-order valence-corrected chi connectivity index (χ3v) is 4.12. The number of hydrogen-bond donors (Lipinski definition) is 1. The number of benzene rings is 1. The van der Waals surface area contributed by atoms with E-state index in [0.29, 0.717) is 28.2 Å². The Balaban J connectivity index is 2.01. The number of rotatable bonds is 3. The Morgan fingerprint density at radius 2 is 2.04 bits per heavy atom. The number of pyridine rings is 1. The van der Waals surface area contributed by atoms with Crippen LogP contribution in [0.2, 0.25) is 0 Å². The molecule has 0 bridgehead atoms. The van der Waals surface area contributed by atoms with Crippen LogP contribution in [0.5, 0.6) is 0 Å². The third kappa shape index (κ3) is 2.59. The van der Waals surface area contributed by atoms with Gasteiger partial charge < -0.3 is 10.3 Å². The molecule has 0 radical (unpaired) electrons. The average Bonchev–Trinajstić information content (AvgIpc) is 3.04. The summed E-state index contributed by atoms with van der Waals surface area (Å²) >= 11 is 0. The number of primary amides is 1. The summed E-state index contributed by atoms with van der Waals surface area (Å²) in [5.41, 5.74) is 7.69. The molecule has 0 spiro atoms. The average molecular weight is 347 g/mol. The Labute approximate surface area is 148 Å². The highest BCUT2D eigenvalue weighted by molar-refractivity contribution is 5.98. The Morgan fingerprint density at radius 3 is 2.77 bits per heavy atom. The molecule has 0 unspecified atom stereocenters. The summed E-state index contributed by atoms with van der Waals surface area (Å²) in [6, 6.07) is 9.79. The predicted molar refractivity (Wildman–Crippen MR) is 95.3 cm³/mol. The number of amides is 1. The maximum absolute atomic E-state index is 13.5. The number of aromatic nitrogens is 4. The lowest BCUT2D eigenvalue weighted by atomic mass is 10.1. The molecule has 6 nitrogen and oxygen atoms in total. The number of nitrogens with two attached hydrogens (primary N) is 1. The van der Waals surface area contributed by atoms with Crippen LogP contribution in [0.25, 0.3) is 28.1 Å². The molecule has 0 fully saturated rings. The highest BCUT2D eigenvalue weighted by Crippen LogP contribution is 2.26. The third-order valence-electron chi connectivity index (χ3n) is 4.12. The summed E-state index contributed by atoms with van der Waals surface area (Å²) < 4.78 is 15.2. The van der Waals surface area contributed by atoms with Crippen molar-refractivity contribution in [3.63, 3.8) is 0 Å². The highest BCUT2D eigenvalue weighted by atomic mass is 19.1. The second kappa shape index (κ2) is 6.03. The van der Waals surface area contributed by atoms with Crippen molar-refractivity contribution < 1.29 is 9.18 Å². The number of carbonyl (C=O) groups is 1. The largest absolute Gasteiger partial charge is 0.365 e. The number of fused-ring (bicyclic) bond motifs is 1. The highest BCUT2D eigenvalue weighted by Gasteiger charge is 2.20. The van der Waals surface area contributed by atoms with Gasteiger partial charge in [-0.25, -0.2) is 14.4 Å². The first-order chi connectivity index (χ1) is 12.5. The molecule has 2 N–H and O–H groups in total. The minimum absolute atomic E-state index is 0.222. The van der Waals surface area contributed by atoms with Gasteiger partial charge in [0.25, 0.3) is 5.91 Å². The zero-order valence-corrected chi connectivity index (χ0v) is 13.8. The molecule has 0 saturated heterocycles. The van der Waals surface area contributed by atoms with Crippen LogP contribution in [0, 0.1) is 12.7 Å². The van der Waals surface area contributed by atoms with E-state index in [-0.39, 0.29) is 11.4 Å². The Morgan fingerprint density at radius 1 is 1.19 bits per heavy atom. The Bertz CT molecular complexity index is 1140. The fourth-order valence-electron chi connectivity index (χ4n) is 2.94. The Kier molecular flexibility index (Phi) is 3.69. The lowest BCUT2D eigenvalue weighted by Gasteiger charge is -2.13. The summed E-state index contributed by atoms with van der Waals surface area (Å²) in [5, 5.41) is 0.694. The van der Waals surface area contributed by atoms with Gasteiger partial charge in [-0.1, -0.05) is 0 Å². The fourth-order valence-corrected chi connectivity index (χ4v) is 2.94. The van der Waals surface area contributed by atoms with Gasteiger partial charge in [0.1, 0.15) is 11.4 Å². The van der Waals surface area contributed by atoms with Crippen molar-refractivity contribution in [1.82, 2.24) is 19.5 Å². The first kappa shape index (κ1) is 15.9. The van der Waals surface area contributed by atoms with Gasteiger partial charge in [-0.2, -0.15) is 0 Å². The molecule has 0 aliphatic rings. The summed E-state index contributed by atoms with van der Waals surface area (Å²) in [6.07, 6.45) is 5.03. The molecule has 0 atom stereocenters. The first-order valence-corrected chi connectivity index (χ1v) is 7.90. The quantitative estimate of drug-likeness (QED) is 0.617. The smallest absolute Gasteiger partial charge is 0.254 e. The molecule has 3 heterocycles. The molecule has 26 heavy (non-hydrogen) atoms. The maximum atomic E-state index is 13.5. The van der Waals surface area contributed by atoms with Crippen LogP contribution in [0.3, 0.4) is 0 Å². The van der Waals surface area contributed by atoms with Crippen molar-refractivity contribution in [2.24, 2.45) is 5.73 Å². The lowest BCUT2D eigenvalue weighted by molar-refractivity contribution is 0.0999. The van der Waals surface area contributed by atoms with Gasteiger partial charge in [-0.15, -0.1) is 0 Å². The molecule has 128 valence electrons. The van der Waals surface area contributed by atoms with Crippen LogP contribution in [0.4, 0.5) is 4.39 Å². The van der Waals surface area contributed by atoms with E-state index in [1.807, 2.05) is 6.07 Å². The van der Waals surface area contributed by atoms with E-state index in [0.717, 1.165) is 5.56 Å². The van der Waals surface area contributed by atoms with E-state index < -0.39 is 5.91 Å². The molecule has 4 rings (SSSR count). The topological polar surface area (TPSA) is 86.7 Å². The van der Waals surface area contributed by atoms with Crippen molar-refractivity contribution >= 4 is 16.8 Å². The molecule has 1 aromatic carbocycles. The molecule has 1 amide bonds. The number of hydrogen-bond acceptors (Lipinski definition) is 4. The van der Waals surface area contributed by atoms with E-state index in [4.69, 9.17) is 5.73 Å². The van der Waals surface area contributed by atoms with Crippen LogP contribution in [-0.2, 0) is 0 Å². The molecule has 0 saturated carbocycles. The van der Waals surface area contributed by atoms with Crippen LogP contribution in [0.15, 0.2) is 55.0 Å². The van der Waals surface area contributed by atoms with E-state index in [2.05, 4.69) is 15.0 Å². The summed E-state index contributed by atoms with van der Waals surface area (Å²) in [7, 11) is 0. The normalized spacial score (nSPS) is 11.0. The maximum Gasteiger partial charge on any atom is 0.254 e. The van der Waals surface area contributed by atoms with Crippen molar-refractivity contribution in [3.8, 4) is 17.2 Å². The number of aryl methyl sites for hydroxylation is 1. The van der Waals surface area contributed by atoms with Crippen LogP contribution in [0.1, 0.15) is 16.1 Å². The summed E-state index contributed by atoms with van der Waals surface area (Å²) in [4.78, 5) is 25.1. The van der Waals surface area contributed by atoms with Gasteiger partial charge in [0.05, 0.1) is 11.2 Å². The van der Waals surface area contributed by atoms with E-state index in [1.54, 1.807) is 48.3 Å². The molecular formula is C19H14FN5O. The predicted octanol–water partition coefficient (Wildman–Crippen LogP) is 3.03. The number of halogens is 1. The molecule has 0 aliphatic carbocycles. The van der Waals surface area contributed by atoms with Crippen molar-refractivity contribution in [2.75, 3.05) is 0 Å². The molecule has 3 aromatic heterocycles. The first-order valence-electron chi connectivity index (χ1n) is 7.90. The lowest BCUT2D eigenvalue weighted by Crippen LogP contribution is -2.19. The van der Waals surface area contributed by atoms with Crippen LogP contribution < -0.4 is 5.73 Å². The minimum Gasteiger partial charge on any atom is -0.365 e. The molecule has 0 aliphatic heterocycles. The van der Waals surface area contributed by atoms with Crippen LogP contribution in [-0.4, -0.2) is 25.4 Å².